The normalized spacial score (nSPS) is 17.6. The number of aliphatic carboxylic acids is 1. The molecule has 1 atom stereocenters. The van der Waals surface area contributed by atoms with Gasteiger partial charge in [0.2, 0.25) is 0 Å². The molecule has 1 aliphatic rings. The zero-order valence-corrected chi connectivity index (χ0v) is 13.0. The molecule has 22 heavy (non-hydrogen) atoms. The Morgan fingerprint density at radius 3 is 2.59 bits per heavy atom. The van der Waals surface area contributed by atoms with E-state index < -0.39 is 12.0 Å². The van der Waals surface area contributed by atoms with Crippen LogP contribution < -0.4 is 4.90 Å². The third-order valence-electron chi connectivity index (χ3n) is 4.37. The van der Waals surface area contributed by atoms with E-state index in [1.54, 1.807) is 6.92 Å². The van der Waals surface area contributed by atoms with Gasteiger partial charge >= 0.3 is 5.97 Å². The summed E-state index contributed by atoms with van der Waals surface area (Å²) >= 11 is 0. The van der Waals surface area contributed by atoms with Crippen molar-refractivity contribution in [2.45, 2.75) is 19.9 Å². The van der Waals surface area contributed by atoms with Crippen LogP contribution in [0, 0.1) is 6.92 Å². The summed E-state index contributed by atoms with van der Waals surface area (Å²) in [4.78, 5) is 20.0. The minimum atomic E-state index is -0.757. The van der Waals surface area contributed by atoms with E-state index in [4.69, 9.17) is 10.1 Å². The molecule has 5 heteroatoms. The van der Waals surface area contributed by atoms with Crippen LogP contribution in [-0.2, 0) is 4.79 Å². The summed E-state index contributed by atoms with van der Waals surface area (Å²) in [7, 11) is 0. The highest BCUT2D eigenvalue weighted by molar-refractivity contribution is 5.81. The number of carbonyl (C=O) groups is 1. The minimum Gasteiger partial charge on any atom is -0.480 e. The van der Waals surface area contributed by atoms with E-state index in [1.807, 2.05) is 4.90 Å². The van der Waals surface area contributed by atoms with Gasteiger partial charge in [0.15, 0.2) is 0 Å². The number of anilines is 1. The number of carboxylic acids is 1. The monoisotopic (exact) mass is 299 g/mol. The van der Waals surface area contributed by atoms with Crippen LogP contribution in [0.4, 0.5) is 5.82 Å². The quantitative estimate of drug-likeness (QED) is 0.941. The molecule has 1 unspecified atom stereocenters. The molecule has 0 saturated carbocycles. The molecule has 2 aromatic rings. The first kappa shape index (κ1) is 14.8. The highest BCUT2D eigenvalue weighted by Gasteiger charge is 2.25. The maximum Gasteiger partial charge on any atom is 0.320 e. The highest BCUT2D eigenvalue weighted by atomic mass is 16.4. The van der Waals surface area contributed by atoms with E-state index in [9.17, 15) is 4.79 Å². The lowest BCUT2D eigenvalue weighted by Gasteiger charge is -2.37. The lowest BCUT2D eigenvalue weighted by molar-refractivity contribution is -0.142. The van der Waals surface area contributed by atoms with Crippen LogP contribution in [0.1, 0.15) is 12.5 Å². The van der Waals surface area contributed by atoms with Gasteiger partial charge in [-0.3, -0.25) is 9.69 Å². The number of carboxylic acid groups (broad SMARTS) is 1. The third kappa shape index (κ3) is 2.90. The molecule has 1 aliphatic heterocycles. The second-order valence-corrected chi connectivity index (χ2v) is 5.90. The van der Waals surface area contributed by atoms with Crippen molar-refractivity contribution in [2.75, 3.05) is 31.1 Å². The fourth-order valence-electron chi connectivity index (χ4n) is 2.90. The van der Waals surface area contributed by atoms with E-state index in [0.29, 0.717) is 0 Å². The van der Waals surface area contributed by atoms with Crippen molar-refractivity contribution in [1.82, 2.24) is 9.88 Å². The predicted molar refractivity (Wildman–Crippen MR) is 87.4 cm³/mol. The van der Waals surface area contributed by atoms with Crippen LogP contribution >= 0.6 is 0 Å². The van der Waals surface area contributed by atoms with Crippen molar-refractivity contribution in [2.24, 2.45) is 0 Å². The second-order valence-electron chi connectivity index (χ2n) is 5.90. The number of benzene rings is 1. The average Bonchev–Trinajstić information content (AvgIpc) is 2.53. The summed E-state index contributed by atoms with van der Waals surface area (Å²) in [6.45, 7) is 6.94. The summed E-state index contributed by atoms with van der Waals surface area (Å²) in [5.74, 6) is 0.214. The summed E-state index contributed by atoms with van der Waals surface area (Å²) in [5.41, 5.74) is 2.24. The Labute approximate surface area is 130 Å². The maximum atomic E-state index is 11.1. The molecule has 0 bridgehead atoms. The lowest BCUT2D eigenvalue weighted by Crippen LogP contribution is -2.51. The molecule has 1 aromatic heterocycles. The van der Waals surface area contributed by atoms with E-state index in [0.717, 1.165) is 42.9 Å². The van der Waals surface area contributed by atoms with Gasteiger partial charge in [-0.15, -0.1) is 0 Å². The van der Waals surface area contributed by atoms with Crippen LogP contribution in [0.5, 0.6) is 0 Å². The third-order valence-corrected chi connectivity index (χ3v) is 4.37. The lowest BCUT2D eigenvalue weighted by atomic mass is 10.1. The topological polar surface area (TPSA) is 56.7 Å². The van der Waals surface area contributed by atoms with Gasteiger partial charge in [-0.05, 0) is 38.1 Å². The van der Waals surface area contributed by atoms with Crippen molar-refractivity contribution < 1.29 is 9.90 Å². The predicted octanol–water partition coefficient (Wildman–Crippen LogP) is 2.14. The Bertz CT molecular complexity index is 693. The Morgan fingerprint density at radius 1 is 1.18 bits per heavy atom. The number of pyridine rings is 1. The Hall–Kier alpha value is -2.14. The Morgan fingerprint density at radius 2 is 1.91 bits per heavy atom. The average molecular weight is 299 g/mol. The standard InChI is InChI=1S/C17H21N3O2/c1-12-3-5-15-14(11-12)4-6-16(18-15)20-9-7-19(8-10-20)13(2)17(21)22/h3-6,11,13H,7-10H2,1-2H3,(H,21,22). The molecule has 0 spiro atoms. The van der Waals surface area contributed by atoms with Gasteiger partial charge in [0, 0.05) is 31.6 Å². The Kier molecular flexibility index (Phi) is 3.98. The first-order valence-corrected chi connectivity index (χ1v) is 7.64. The van der Waals surface area contributed by atoms with Crippen LogP contribution in [0.3, 0.4) is 0 Å². The van der Waals surface area contributed by atoms with Gasteiger partial charge in [-0.25, -0.2) is 4.98 Å². The fraction of sp³-hybridized carbons (Fsp3) is 0.412. The van der Waals surface area contributed by atoms with Crippen molar-refractivity contribution in [3.8, 4) is 0 Å². The van der Waals surface area contributed by atoms with Crippen LogP contribution in [0.2, 0.25) is 0 Å². The van der Waals surface area contributed by atoms with E-state index in [1.165, 1.54) is 5.56 Å². The summed E-state index contributed by atoms with van der Waals surface area (Å²) in [5, 5.41) is 10.2. The van der Waals surface area contributed by atoms with Crippen LogP contribution in [0.15, 0.2) is 30.3 Å². The smallest absolute Gasteiger partial charge is 0.320 e. The van der Waals surface area contributed by atoms with Gasteiger partial charge in [0.25, 0.3) is 0 Å². The molecular weight excluding hydrogens is 278 g/mol. The highest BCUT2D eigenvalue weighted by Crippen LogP contribution is 2.20. The molecule has 5 nitrogen and oxygen atoms in total. The zero-order valence-electron chi connectivity index (χ0n) is 13.0. The number of fused-ring (bicyclic) bond motifs is 1. The van der Waals surface area contributed by atoms with Gasteiger partial charge in [-0.2, -0.15) is 0 Å². The fourth-order valence-corrected chi connectivity index (χ4v) is 2.90. The number of piperazine rings is 1. The molecule has 1 fully saturated rings. The van der Waals surface area contributed by atoms with E-state index >= 15 is 0 Å². The number of rotatable bonds is 3. The van der Waals surface area contributed by atoms with Crippen molar-refractivity contribution in [3.05, 3.63) is 35.9 Å². The van der Waals surface area contributed by atoms with Crippen LogP contribution in [0.25, 0.3) is 10.9 Å². The van der Waals surface area contributed by atoms with E-state index in [2.05, 4.69) is 42.2 Å². The molecule has 0 amide bonds. The van der Waals surface area contributed by atoms with Gasteiger partial charge < -0.3 is 10.0 Å². The zero-order chi connectivity index (χ0) is 15.7. The molecule has 3 rings (SSSR count). The molecule has 1 saturated heterocycles. The van der Waals surface area contributed by atoms with Crippen LogP contribution in [-0.4, -0.2) is 53.2 Å². The molecular formula is C17H21N3O2. The summed E-state index contributed by atoms with van der Waals surface area (Å²) in [6.07, 6.45) is 0. The molecule has 1 aromatic carbocycles. The summed E-state index contributed by atoms with van der Waals surface area (Å²) < 4.78 is 0. The summed E-state index contributed by atoms with van der Waals surface area (Å²) in [6, 6.07) is 10.0. The number of hydrogen-bond donors (Lipinski definition) is 1. The first-order valence-electron chi connectivity index (χ1n) is 7.64. The van der Waals surface area contributed by atoms with Crippen molar-refractivity contribution in [1.29, 1.82) is 0 Å². The molecule has 2 heterocycles. The SMILES string of the molecule is Cc1ccc2nc(N3CCN(C(C)C(=O)O)CC3)ccc2c1. The first-order chi connectivity index (χ1) is 10.5. The number of aryl methyl sites for hydroxylation is 1. The van der Waals surface area contributed by atoms with Gasteiger partial charge in [0.05, 0.1) is 5.52 Å². The number of nitrogens with zero attached hydrogens (tertiary/aromatic N) is 3. The number of aromatic nitrogens is 1. The minimum absolute atomic E-state index is 0.422. The maximum absolute atomic E-state index is 11.1. The second kappa shape index (κ2) is 5.93. The number of hydrogen-bond acceptors (Lipinski definition) is 4. The largest absolute Gasteiger partial charge is 0.480 e. The molecule has 116 valence electrons. The molecule has 0 aliphatic carbocycles. The van der Waals surface area contributed by atoms with E-state index in [-0.39, 0.29) is 0 Å². The molecule has 0 radical (unpaired) electrons. The molecule has 1 N–H and O–H groups in total. The van der Waals surface area contributed by atoms with Gasteiger partial charge in [0.1, 0.15) is 11.9 Å². The van der Waals surface area contributed by atoms with Crippen molar-refractivity contribution >= 4 is 22.7 Å². The van der Waals surface area contributed by atoms with Crippen molar-refractivity contribution in [3.63, 3.8) is 0 Å². The Balaban J connectivity index is 1.73. The van der Waals surface area contributed by atoms with Gasteiger partial charge in [-0.1, -0.05) is 11.6 Å².